The number of thiol groups is 1. The molecular formula is C9H9F3O2S. The van der Waals surface area contributed by atoms with Crippen molar-refractivity contribution in [1.82, 2.24) is 0 Å². The van der Waals surface area contributed by atoms with Crippen molar-refractivity contribution in [1.29, 1.82) is 0 Å². The van der Waals surface area contributed by atoms with E-state index < -0.39 is 6.36 Å². The second kappa shape index (κ2) is 4.65. The number of hydrogen-bond acceptors (Lipinski definition) is 3. The average molecular weight is 238 g/mol. The zero-order valence-electron chi connectivity index (χ0n) is 7.84. The second-order valence-corrected chi connectivity index (χ2v) is 3.13. The van der Waals surface area contributed by atoms with E-state index in [0.29, 0.717) is 4.90 Å². The Labute approximate surface area is 90.4 Å². The molecule has 1 rings (SSSR count). The fourth-order valence-electron chi connectivity index (χ4n) is 0.976. The third-order valence-electron chi connectivity index (χ3n) is 1.45. The standard InChI is InChI=1S/C9H9F3O2S/c1-2-13-7-4-3-6(15)5-8(7)14-9(10,11)12/h3-5,15H,2H2,1H3. The second-order valence-electron chi connectivity index (χ2n) is 2.61. The lowest BCUT2D eigenvalue weighted by Crippen LogP contribution is -2.17. The van der Waals surface area contributed by atoms with Crippen LogP contribution in [0.2, 0.25) is 0 Å². The minimum Gasteiger partial charge on any atom is -0.490 e. The predicted octanol–water partition coefficient (Wildman–Crippen LogP) is 3.27. The Kier molecular flexibility index (Phi) is 3.73. The number of alkyl halides is 3. The van der Waals surface area contributed by atoms with Crippen LogP contribution in [0.25, 0.3) is 0 Å². The molecule has 0 radical (unpaired) electrons. The number of halogens is 3. The molecule has 0 fully saturated rings. The van der Waals surface area contributed by atoms with Gasteiger partial charge in [0, 0.05) is 4.90 Å². The highest BCUT2D eigenvalue weighted by atomic mass is 32.1. The molecule has 1 aromatic carbocycles. The average Bonchev–Trinajstić information content (AvgIpc) is 2.07. The summed E-state index contributed by atoms with van der Waals surface area (Å²) in [6.45, 7) is 1.94. The van der Waals surface area contributed by atoms with Crippen molar-refractivity contribution in [3.63, 3.8) is 0 Å². The zero-order valence-corrected chi connectivity index (χ0v) is 8.73. The lowest BCUT2D eigenvalue weighted by atomic mass is 10.3. The molecule has 6 heteroatoms. The molecule has 0 spiro atoms. The first kappa shape index (κ1) is 12.0. The smallest absolute Gasteiger partial charge is 0.490 e. The molecule has 0 bridgehead atoms. The topological polar surface area (TPSA) is 18.5 Å². The Hall–Kier alpha value is -1.04. The Bertz CT molecular complexity index is 339. The van der Waals surface area contributed by atoms with Gasteiger partial charge in [-0.2, -0.15) is 0 Å². The molecule has 1 aromatic rings. The van der Waals surface area contributed by atoms with E-state index in [4.69, 9.17) is 4.74 Å². The van der Waals surface area contributed by atoms with E-state index >= 15 is 0 Å². The van der Waals surface area contributed by atoms with Crippen LogP contribution in [-0.2, 0) is 0 Å². The molecule has 0 aromatic heterocycles. The summed E-state index contributed by atoms with van der Waals surface area (Å²) in [5, 5.41) is 0. The number of rotatable bonds is 3. The first-order valence-electron chi connectivity index (χ1n) is 4.14. The van der Waals surface area contributed by atoms with Crippen molar-refractivity contribution in [2.45, 2.75) is 18.2 Å². The molecule has 0 atom stereocenters. The highest BCUT2D eigenvalue weighted by Gasteiger charge is 2.32. The maximum absolute atomic E-state index is 12.0. The largest absolute Gasteiger partial charge is 0.573 e. The summed E-state index contributed by atoms with van der Waals surface area (Å²) in [5.41, 5.74) is 0. The molecule has 2 nitrogen and oxygen atoms in total. The van der Waals surface area contributed by atoms with E-state index in [1.807, 2.05) is 0 Å². The van der Waals surface area contributed by atoms with Crippen molar-refractivity contribution < 1.29 is 22.6 Å². The van der Waals surface area contributed by atoms with Gasteiger partial charge in [-0.3, -0.25) is 0 Å². The summed E-state index contributed by atoms with van der Waals surface area (Å²) in [6, 6.07) is 4.06. The molecule has 84 valence electrons. The Balaban J connectivity index is 2.96. The quantitative estimate of drug-likeness (QED) is 0.815. The first-order chi connectivity index (χ1) is 6.92. The summed E-state index contributed by atoms with van der Waals surface area (Å²) in [6.07, 6.45) is -4.73. The van der Waals surface area contributed by atoms with Gasteiger partial charge in [-0.05, 0) is 25.1 Å². The van der Waals surface area contributed by atoms with Gasteiger partial charge in [0.05, 0.1) is 6.61 Å². The number of benzene rings is 1. The van der Waals surface area contributed by atoms with Crippen LogP contribution in [0.3, 0.4) is 0 Å². The molecule has 0 N–H and O–H groups in total. The third-order valence-corrected chi connectivity index (χ3v) is 1.73. The molecule has 0 saturated carbocycles. The van der Waals surface area contributed by atoms with Crippen molar-refractivity contribution in [2.75, 3.05) is 6.61 Å². The van der Waals surface area contributed by atoms with Gasteiger partial charge in [0.1, 0.15) is 0 Å². The van der Waals surface area contributed by atoms with Crippen LogP contribution in [0, 0.1) is 0 Å². The highest BCUT2D eigenvalue weighted by Crippen LogP contribution is 2.33. The SMILES string of the molecule is CCOc1ccc(S)cc1OC(F)(F)F. The van der Waals surface area contributed by atoms with Crippen molar-refractivity contribution in [3.8, 4) is 11.5 Å². The summed E-state index contributed by atoms with van der Waals surface area (Å²) in [4.78, 5) is 0.373. The van der Waals surface area contributed by atoms with Gasteiger partial charge < -0.3 is 9.47 Å². The molecule has 0 heterocycles. The lowest BCUT2D eigenvalue weighted by molar-refractivity contribution is -0.275. The van der Waals surface area contributed by atoms with Gasteiger partial charge in [0.2, 0.25) is 0 Å². The summed E-state index contributed by atoms with van der Waals surface area (Å²) >= 11 is 3.92. The third kappa shape index (κ3) is 3.91. The minimum absolute atomic E-state index is 0.0487. The minimum atomic E-state index is -4.73. The van der Waals surface area contributed by atoms with Crippen LogP contribution in [0.1, 0.15) is 6.92 Å². The van der Waals surface area contributed by atoms with Crippen molar-refractivity contribution in [2.24, 2.45) is 0 Å². The summed E-state index contributed by atoms with van der Waals surface area (Å²) in [7, 11) is 0. The Morgan fingerprint density at radius 2 is 1.93 bits per heavy atom. The predicted molar refractivity (Wildman–Crippen MR) is 51.5 cm³/mol. The molecule has 0 aliphatic rings. The van der Waals surface area contributed by atoms with E-state index in [1.54, 1.807) is 6.92 Å². The van der Waals surface area contributed by atoms with E-state index in [0.717, 1.165) is 6.07 Å². The fourth-order valence-corrected chi connectivity index (χ4v) is 1.17. The monoisotopic (exact) mass is 238 g/mol. The Morgan fingerprint density at radius 3 is 2.47 bits per heavy atom. The fraction of sp³-hybridized carbons (Fsp3) is 0.333. The van der Waals surface area contributed by atoms with Crippen LogP contribution in [0.4, 0.5) is 13.2 Å². The van der Waals surface area contributed by atoms with Gasteiger partial charge in [-0.1, -0.05) is 0 Å². The van der Waals surface area contributed by atoms with E-state index in [9.17, 15) is 13.2 Å². The van der Waals surface area contributed by atoms with Crippen LogP contribution >= 0.6 is 12.6 Å². The van der Waals surface area contributed by atoms with Crippen LogP contribution in [-0.4, -0.2) is 13.0 Å². The highest BCUT2D eigenvalue weighted by molar-refractivity contribution is 7.80. The van der Waals surface area contributed by atoms with Crippen molar-refractivity contribution in [3.05, 3.63) is 18.2 Å². The van der Waals surface area contributed by atoms with E-state index in [-0.39, 0.29) is 18.1 Å². The molecule has 15 heavy (non-hydrogen) atoms. The van der Waals surface area contributed by atoms with Gasteiger partial charge in [0.25, 0.3) is 0 Å². The Morgan fingerprint density at radius 1 is 1.27 bits per heavy atom. The van der Waals surface area contributed by atoms with Gasteiger partial charge in [0.15, 0.2) is 11.5 Å². The van der Waals surface area contributed by atoms with Crippen LogP contribution in [0.15, 0.2) is 23.1 Å². The van der Waals surface area contributed by atoms with E-state index in [1.165, 1.54) is 12.1 Å². The lowest BCUT2D eigenvalue weighted by Gasteiger charge is -2.13. The zero-order chi connectivity index (χ0) is 11.5. The van der Waals surface area contributed by atoms with Crippen molar-refractivity contribution >= 4 is 12.6 Å². The molecule has 0 aliphatic carbocycles. The van der Waals surface area contributed by atoms with Crippen LogP contribution in [0.5, 0.6) is 11.5 Å². The van der Waals surface area contributed by atoms with Crippen LogP contribution < -0.4 is 9.47 Å². The number of hydrogen-bond donors (Lipinski definition) is 1. The maximum atomic E-state index is 12.0. The van der Waals surface area contributed by atoms with Gasteiger partial charge in [-0.15, -0.1) is 25.8 Å². The van der Waals surface area contributed by atoms with E-state index in [2.05, 4.69) is 17.4 Å². The molecule has 0 amide bonds. The molecule has 0 saturated heterocycles. The first-order valence-corrected chi connectivity index (χ1v) is 4.58. The van der Waals surface area contributed by atoms with Gasteiger partial charge >= 0.3 is 6.36 Å². The van der Waals surface area contributed by atoms with Gasteiger partial charge in [-0.25, -0.2) is 0 Å². The molecule has 0 unspecified atom stereocenters. The number of ether oxygens (including phenoxy) is 2. The summed E-state index contributed by atoms with van der Waals surface area (Å²) < 4.78 is 44.7. The maximum Gasteiger partial charge on any atom is 0.573 e. The molecular weight excluding hydrogens is 229 g/mol. The normalized spacial score (nSPS) is 11.3. The molecule has 0 aliphatic heterocycles. The summed E-state index contributed by atoms with van der Waals surface area (Å²) in [5.74, 6) is -0.329.